The third kappa shape index (κ3) is 3.56. The zero-order chi connectivity index (χ0) is 12.1. The van der Waals surface area contributed by atoms with Crippen LogP contribution in [0.5, 0.6) is 0 Å². The summed E-state index contributed by atoms with van der Waals surface area (Å²) < 4.78 is 11.2. The number of rotatable bonds is 5. The van der Waals surface area contributed by atoms with Crippen molar-refractivity contribution in [3.05, 3.63) is 23.7 Å². The molecule has 0 amide bonds. The zero-order valence-electron chi connectivity index (χ0n) is 10.7. The lowest BCUT2D eigenvalue weighted by atomic mass is 10.1. The van der Waals surface area contributed by atoms with Crippen molar-refractivity contribution in [3.8, 4) is 0 Å². The Kier molecular flexibility index (Phi) is 4.59. The number of methoxy groups -OCH3 is 1. The average Bonchev–Trinajstić information content (AvgIpc) is 2.77. The van der Waals surface area contributed by atoms with Gasteiger partial charge in [-0.2, -0.15) is 0 Å². The minimum absolute atomic E-state index is 0.385. The quantitative estimate of drug-likeness (QED) is 0.845. The molecule has 96 valence electrons. The van der Waals surface area contributed by atoms with Crippen LogP contribution in [-0.2, 0) is 17.8 Å². The summed E-state index contributed by atoms with van der Waals surface area (Å²) in [6, 6.07) is 4.12. The Balaban J connectivity index is 1.86. The van der Waals surface area contributed by atoms with E-state index in [-0.39, 0.29) is 0 Å². The molecular formula is C13H22N2O2. The third-order valence-corrected chi connectivity index (χ3v) is 3.24. The number of piperidine rings is 1. The van der Waals surface area contributed by atoms with E-state index in [1.807, 2.05) is 13.1 Å². The van der Waals surface area contributed by atoms with Crippen molar-refractivity contribution in [1.29, 1.82) is 0 Å². The van der Waals surface area contributed by atoms with Crippen molar-refractivity contribution < 1.29 is 9.15 Å². The zero-order valence-corrected chi connectivity index (χ0v) is 10.7. The molecule has 2 rings (SSSR count). The highest BCUT2D eigenvalue weighted by Crippen LogP contribution is 2.16. The summed E-state index contributed by atoms with van der Waals surface area (Å²) in [6.07, 6.45) is 2.77. The first-order chi connectivity index (χ1) is 8.31. The minimum Gasteiger partial charge on any atom is -0.463 e. The molecule has 0 saturated carbocycles. The molecule has 1 aliphatic rings. The molecule has 0 spiro atoms. The monoisotopic (exact) mass is 238 g/mol. The van der Waals surface area contributed by atoms with Gasteiger partial charge in [0.1, 0.15) is 11.5 Å². The minimum atomic E-state index is 0.385. The Labute approximate surface area is 103 Å². The first kappa shape index (κ1) is 12.6. The molecule has 0 bridgehead atoms. The summed E-state index contributed by atoms with van der Waals surface area (Å²) in [4.78, 5) is 2.40. The lowest BCUT2D eigenvalue weighted by Gasteiger charge is -2.31. The summed E-state index contributed by atoms with van der Waals surface area (Å²) in [5, 5.41) is 3.09. The van der Waals surface area contributed by atoms with Crippen LogP contribution in [0.25, 0.3) is 0 Å². The maximum absolute atomic E-state index is 5.75. The molecule has 1 aliphatic heterocycles. The molecule has 0 aliphatic carbocycles. The van der Waals surface area contributed by atoms with E-state index in [4.69, 9.17) is 9.15 Å². The fourth-order valence-electron chi connectivity index (χ4n) is 2.35. The maximum Gasteiger partial charge on any atom is 0.118 e. The topological polar surface area (TPSA) is 37.6 Å². The standard InChI is InChI=1S/C13H22N2O2/c1-14-8-11-5-6-13(17-11)10-15-7-3-4-12(9-15)16-2/h5-6,12,14H,3-4,7-10H2,1-2H3. The highest BCUT2D eigenvalue weighted by Gasteiger charge is 2.20. The molecule has 0 radical (unpaired) electrons. The van der Waals surface area contributed by atoms with Crippen LogP contribution in [0.3, 0.4) is 0 Å². The highest BCUT2D eigenvalue weighted by atomic mass is 16.5. The smallest absolute Gasteiger partial charge is 0.118 e. The number of furan rings is 1. The molecule has 1 atom stereocenters. The summed E-state index contributed by atoms with van der Waals surface area (Å²) in [7, 11) is 3.72. The van der Waals surface area contributed by atoms with Crippen LogP contribution in [0.1, 0.15) is 24.4 Å². The van der Waals surface area contributed by atoms with Gasteiger partial charge in [0.15, 0.2) is 0 Å². The Morgan fingerprint density at radius 3 is 3.06 bits per heavy atom. The largest absolute Gasteiger partial charge is 0.463 e. The lowest BCUT2D eigenvalue weighted by molar-refractivity contribution is 0.0262. The van der Waals surface area contributed by atoms with E-state index in [2.05, 4.69) is 16.3 Å². The van der Waals surface area contributed by atoms with E-state index >= 15 is 0 Å². The maximum atomic E-state index is 5.75. The SMILES string of the molecule is CNCc1ccc(CN2CCCC(OC)C2)o1. The van der Waals surface area contributed by atoms with E-state index in [9.17, 15) is 0 Å². The predicted octanol–water partition coefficient (Wildman–Crippen LogP) is 1.61. The van der Waals surface area contributed by atoms with Gasteiger partial charge in [-0.25, -0.2) is 0 Å². The second-order valence-corrected chi connectivity index (χ2v) is 4.63. The predicted molar refractivity (Wildman–Crippen MR) is 66.8 cm³/mol. The number of nitrogens with zero attached hydrogens (tertiary/aromatic N) is 1. The molecule has 4 heteroatoms. The molecule has 1 saturated heterocycles. The molecule has 1 aromatic heterocycles. The molecule has 1 unspecified atom stereocenters. The van der Waals surface area contributed by atoms with Crippen LogP contribution in [0, 0.1) is 0 Å². The number of hydrogen-bond donors (Lipinski definition) is 1. The van der Waals surface area contributed by atoms with Crippen molar-refractivity contribution in [3.63, 3.8) is 0 Å². The van der Waals surface area contributed by atoms with Gasteiger partial charge >= 0.3 is 0 Å². The molecule has 2 heterocycles. The second kappa shape index (κ2) is 6.19. The molecule has 1 fully saturated rings. The van der Waals surface area contributed by atoms with Crippen LogP contribution in [0.15, 0.2) is 16.5 Å². The van der Waals surface area contributed by atoms with Gasteiger partial charge in [0.25, 0.3) is 0 Å². The summed E-state index contributed by atoms with van der Waals surface area (Å²) in [5.41, 5.74) is 0. The van der Waals surface area contributed by atoms with E-state index in [0.29, 0.717) is 6.10 Å². The third-order valence-electron chi connectivity index (χ3n) is 3.24. The Morgan fingerprint density at radius 1 is 1.47 bits per heavy atom. The van der Waals surface area contributed by atoms with Crippen molar-refractivity contribution in [1.82, 2.24) is 10.2 Å². The van der Waals surface area contributed by atoms with Crippen molar-refractivity contribution >= 4 is 0 Å². The van der Waals surface area contributed by atoms with Gasteiger partial charge in [-0.1, -0.05) is 0 Å². The molecule has 1 aromatic rings. The molecule has 4 nitrogen and oxygen atoms in total. The number of hydrogen-bond acceptors (Lipinski definition) is 4. The fraction of sp³-hybridized carbons (Fsp3) is 0.692. The number of ether oxygens (including phenoxy) is 1. The number of nitrogens with one attached hydrogen (secondary N) is 1. The lowest BCUT2D eigenvalue weighted by Crippen LogP contribution is -2.38. The van der Waals surface area contributed by atoms with Gasteiger partial charge in [-0.15, -0.1) is 0 Å². The van der Waals surface area contributed by atoms with Crippen molar-refractivity contribution in [2.24, 2.45) is 0 Å². The Hall–Kier alpha value is -0.840. The number of likely N-dealkylation sites (tertiary alicyclic amines) is 1. The Bertz CT molecular complexity index is 338. The normalized spacial score (nSPS) is 21.9. The summed E-state index contributed by atoms with van der Waals surface area (Å²) >= 11 is 0. The summed E-state index contributed by atoms with van der Waals surface area (Å²) in [6.45, 7) is 3.84. The van der Waals surface area contributed by atoms with Crippen molar-refractivity contribution in [2.75, 3.05) is 27.2 Å². The van der Waals surface area contributed by atoms with Gasteiger partial charge in [0, 0.05) is 13.7 Å². The highest BCUT2D eigenvalue weighted by molar-refractivity contribution is 5.07. The van der Waals surface area contributed by atoms with Crippen LogP contribution < -0.4 is 5.32 Å². The van der Waals surface area contributed by atoms with E-state index in [1.54, 1.807) is 7.11 Å². The molecular weight excluding hydrogens is 216 g/mol. The fourth-order valence-corrected chi connectivity index (χ4v) is 2.35. The Morgan fingerprint density at radius 2 is 2.29 bits per heavy atom. The van der Waals surface area contributed by atoms with Crippen molar-refractivity contribution in [2.45, 2.75) is 32.0 Å². The van der Waals surface area contributed by atoms with Crippen LogP contribution >= 0.6 is 0 Å². The van der Waals surface area contributed by atoms with Crippen LogP contribution in [0.4, 0.5) is 0 Å². The van der Waals surface area contributed by atoms with E-state index < -0.39 is 0 Å². The van der Waals surface area contributed by atoms with E-state index in [1.165, 1.54) is 12.8 Å². The van der Waals surface area contributed by atoms with Gasteiger partial charge in [0.05, 0.1) is 19.2 Å². The van der Waals surface area contributed by atoms with Gasteiger partial charge in [-0.05, 0) is 38.6 Å². The molecule has 1 N–H and O–H groups in total. The molecule has 0 aromatic carbocycles. The average molecular weight is 238 g/mol. The first-order valence-electron chi connectivity index (χ1n) is 6.29. The van der Waals surface area contributed by atoms with Crippen LogP contribution in [-0.4, -0.2) is 38.3 Å². The van der Waals surface area contributed by atoms with E-state index in [0.717, 1.165) is 37.7 Å². The van der Waals surface area contributed by atoms with Gasteiger partial charge < -0.3 is 14.5 Å². The first-order valence-corrected chi connectivity index (χ1v) is 6.29. The summed E-state index contributed by atoms with van der Waals surface area (Å²) in [5.74, 6) is 2.05. The van der Waals surface area contributed by atoms with Gasteiger partial charge in [0.2, 0.25) is 0 Å². The molecule has 17 heavy (non-hydrogen) atoms. The second-order valence-electron chi connectivity index (χ2n) is 4.63. The van der Waals surface area contributed by atoms with Crippen LogP contribution in [0.2, 0.25) is 0 Å². The van der Waals surface area contributed by atoms with Gasteiger partial charge in [-0.3, -0.25) is 4.90 Å².